The summed E-state index contributed by atoms with van der Waals surface area (Å²) in [6.07, 6.45) is 9.41. The molecule has 2 aliphatic carbocycles. The molecule has 0 spiro atoms. The molecule has 2 amide bonds. The van der Waals surface area contributed by atoms with Crippen LogP contribution in [0.2, 0.25) is 0 Å². The van der Waals surface area contributed by atoms with Crippen LogP contribution in [0.25, 0.3) is 5.52 Å². The van der Waals surface area contributed by atoms with Crippen molar-refractivity contribution in [2.24, 2.45) is 0 Å². The first-order valence-electron chi connectivity index (χ1n) is 8.81. The largest absolute Gasteiger partial charge is 0.348 e. The van der Waals surface area contributed by atoms with Crippen molar-refractivity contribution in [1.29, 1.82) is 0 Å². The van der Waals surface area contributed by atoms with Crippen LogP contribution >= 0.6 is 0 Å². The second-order valence-corrected chi connectivity index (χ2v) is 6.80. The van der Waals surface area contributed by atoms with Crippen molar-refractivity contribution in [2.75, 3.05) is 0 Å². The fraction of sp³-hybridized carbons (Fsp3) is 0.500. The summed E-state index contributed by atoms with van der Waals surface area (Å²) in [5.41, 5.74) is 1.00. The third-order valence-electron chi connectivity index (χ3n) is 4.82. The molecule has 0 atom stereocenters. The highest BCUT2D eigenvalue weighted by atomic mass is 16.2. The molecule has 0 saturated heterocycles. The Balaban J connectivity index is 1.61. The Morgan fingerprint density at radius 1 is 0.958 bits per heavy atom. The fourth-order valence-electron chi connectivity index (χ4n) is 3.34. The smallest absolute Gasteiger partial charge is 0.287 e. The minimum Gasteiger partial charge on any atom is -0.348 e. The Labute approximate surface area is 140 Å². The Kier molecular flexibility index (Phi) is 3.96. The topological polar surface area (TPSA) is 75.5 Å². The predicted molar refractivity (Wildman–Crippen MR) is 90.0 cm³/mol. The van der Waals surface area contributed by atoms with Crippen molar-refractivity contribution >= 4 is 17.3 Å². The summed E-state index contributed by atoms with van der Waals surface area (Å²) in [5, 5.41) is 6.03. The molecular formula is C18H22N4O2. The van der Waals surface area contributed by atoms with Gasteiger partial charge in [-0.25, -0.2) is 4.98 Å². The number of carbonyl (C=O) groups excluding carboxylic acids is 2. The molecule has 126 valence electrons. The van der Waals surface area contributed by atoms with Crippen LogP contribution in [0.15, 0.2) is 24.4 Å². The average Bonchev–Trinajstić information content (AvgIpc) is 3.32. The third-order valence-corrected chi connectivity index (χ3v) is 4.82. The van der Waals surface area contributed by atoms with Gasteiger partial charge < -0.3 is 10.6 Å². The number of nitrogens with one attached hydrogen (secondary N) is 2. The van der Waals surface area contributed by atoms with E-state index in [0.29, 0.717) is 11.2 Å². The minimum absolute atomic E-state index is 0.196. The highest BCUT2D eigenvalue weighted by Gasteiger charge is 2.28. The molecule has 2 aromatic rings. The molecule has 24 heavy (non-hydrogen) atoms. The normalized spacial score (nSPS) is 18.5. The Hall–Kier alpha value is -2.37. The van der Waals surface area contributed by atoms with Gasteiger partial charge in [0, 0.05) is 18.3 Å². The van der Waals surface area contributed by atoms with E-state index in [1.54, 1.807) is 10.6 Å². The van der Waals surface area contributed by atoms with E-state index in [4.69, 9.17) is 0 Å². The van der Waals surface area contributed by atoms with E-state index in [9.17, 15) is 9.59 Å². The highest BCUT2D eigenvalue weighted by molar-refractivity contribution is 6.02. The first kappa shape index (κ1) is 15.2. The van der Waals surface area contributed by atoms with Crippen molar-refractivity contribution in [1.82, 2.24) is 20.0 Å². The van der Waals surface area contributed by atoms with Gasteiger partial charge in [0.15, 0.2) is 5.69 Å². The molecule has 2 aliphatic rings. The Morgan fingerprint density at radius 2 is 1.67 bits per heavy atom. The highest BCUT2D eigenvalue weighted by Crippen LogP contribution is 2.21. The molecule has 2 saturated carbocycles. The number of amides is 2. The molecule has 6 heteroatoms. The molecule has 4 rings (SSSR count). The molecule has 2 fully saturated rings. The van der Waals surface area contributed by atoms with Crippen LogP contribution in [0.1, 0.15) is 66.1 Å². The van der Waals surface area contributed by atoms with Gasteiger partial charge in [0.25, 0.3) is 11.8 Å². The SMILES string of the molecule is O=C(NC1CC1)c1nc(C(=O)NC2CCCCC2)n2ccccc12. The number of carbonyl (C=O) groups is 2. The van der Waals surface area contributed by atoms with Gasteiger partial charge in [-0.15, -0.1) is 0 Å². The predicted octanol–water partition coefficient (Wildman–Crippen LogP) is 2.29. The second kappa shape index (κ2) is 6.26. The lowest BCUT2D eigenvalue weighted by Gasteiger charge is -2.22. The van der Waals surface area contributed by atoms with E-state index in [1.807, 2.05) is 18.2 Å². The number of rotatable bonds is 4. The molecule has 2 aromatic heterocycles. The van der Waals surface area contributed by atoms with E-state index < -0.39 is 0 Å². The maximum atomic E-state index is 12.7. The first-order valence-corrected chi connectivity index (χ1v) is 8.81. The van der Waals surface area contributed by atoms with Gasteiger partial charge in [0.05, 0.1) is 5.52 Å². The van der Waals surface area contributed by atoms with Gasteiger partial charge in [0.2, 0.25) is 5.82 Å². The average molecular weight is 326 g/mol. The summed E-state index contributed by atoms with van der Waals surface area (Å²) in [6.45, 7) is 0. The van der Waals surface area contributed by atoms with Crippen molar-refractivity contribution in [3.63, 3.8) is 0 Å². The number of aromatic nitrogens is 2. The lowest BCUT2D eigenvalue weighted by Crippen LogP contribution is -2.37. The zero-order chi connectivity index (χ0) is 16.5. The van der Waals surface area contributed by atoms with E-state index in [2.05, 4.69) is 15.6 Å². The molecule has 0 aliphatic heterocycles. The monoisotopic (exact) mass is 326 g/mol. The first-order chi connectivity index (χ1) is 11.7. The molecule has 0 unspecified atom stereocenters. The zero-order valence-electron chi connectivity index (χ0n) is 13.6. The van der Waals surface area contributed by atoms with Gasteiger partial charge in [-0.1, -0.05) is 25.3 Å². The molecule has 0 radical (unpaired) electrons. The van der Waals surface area contributed by atoms with Gasteiger partial charge in [-0.3, -0.25) is 14.0 Å². The fourth-order valence-corrected chi connectivity index (χ4v) is 3.34. The summed E-state index contributed by atoms with van der Waals surface area (Å²) in [7, 11) is 0. The van der Waals surface area contributed by atoms with Crippen molar-refractivity contribution in [2.45, 2.75) is 57.0 Å². The lowest BCUT2D eigenvalue weighted by molar-refractivity contribution is 0.0916. The Morgan fingerprint density at radius 3 is 2.42 bits per heavy atom. The van der Waals surface area contributed by atoms with Crippen LogP contribution < -0.4 is 10.6 Å². The molecule has 0 bridgehead atoms. The van der Waals surface area contributed by atoms with Crippen LogP contribution in [-0.2, 0) is 0 Å². The maximum absolute atomic E-state index is 12.7. The number of hydrogen-bond donors (Lipinski definition) is 2. The second-order valence-electron chi connectivity index (χ2n) is 6.80. The van der Waals surface area contributed by atoms with Gasteiger partial charge in [-0.2, -0.15) is 0 Å². The molecule has 6 nitrogen and oxygen atoms in total. The number of nitrogens with zero attached hydrogens (tertiary/aromatic N) is 2. The number of imidazole rings is 1. The standard InChI is InChI=1S/C18H22N4O2/c23-17(19-13-9-10-13)15-14-8-4-5-11-22(14)16(21-15)18(24)20-12-6-2-1-3-7-12/h4-5,8,11-13H,1-3,6-7,9-10H2,(H,19,23)(H,20,24). The maximum Gasteiger partial charge on any atom is 0.287 e. The van der Waals surface area contributed by atoms with Crippen molar-refractivity contribution in [3.05, 3.63) is 35.9 Å². The molecule has 2 heterocycles. The van der Waals surface area contributed by atoms with Crippen molar-refractivity contribution in [3.8, 4) is 0 Å². The van der Waals surface area contributed by atoms with E-state index in [-0.39, 0.29) is 29.7 Å². The van der Waals surface area contributed by atoms with Crippen LogP contribution in [0.5, 0.6) is 0 Å². The summed E-state index contributed by atoms with van der Waals surface area (Å²) in [4.78, 5) is 29.5. The van der Waals surface area contributed by atoms with Crippen LogP contribution in [-0.4, -0.2) is 33.3 Å². The Bertz CT molecular complexity index is 772. The van der Waals surface area contributed by atoms with Crippen LogP contribution in [0.3, 0.4) is 0 Å². The van der Waals surface area contributed by atoms with E-state index >= 15 is 0 Å². The quantitative estimate of drug-likeness (QED) is 0.905. The van der Waals surface area contributed by atoms with Gasteiger partial charge in [-0.05, 0) is 37.8 Å². The van der Waals surface area contributed by atoms with Crippen molar-refractivity contribution < 1.29 is 9.59 Å². The number of pyridine rings is 1. The number of fused-ring (bicyclic) bond motifs is 1. The summed E-state index contributed by atoms with van der Waals surface area (Å²) < 4.78 is 1.71. The summed E-state index contributed by atoms with van der Waals surface area (Å²) in [5.74, 6) is -0.108. The third kappa shape index (κ3) is 3.00. The molecule has 2 N–H and O–H groups in total. The molecule has 0 aromatic carbocycles. The van der Waals surface area contributed by atoms with Gasteiger partial charge in [0.1, 0.15) is 0 Å². The summed E-state index contributed by atoms with van der Waals surface area (Å²) in [6, 6.07) is 6.00. The van der Waals surface area contributed by atoms with Crippen LogP contribution in [0.4, 0.5) is 0 Å². The van der Waals surface area contributed by atoms with E-state index in [0.717, 1.165) is 38.5 Å². The number of hydrogen-bond acceptors (Lipinski definition) is 3. The zero-order valence-corrected chi connectivity index (χ0v) is 13.6. The molecular weight excluding hydrogens is 304 g/mol. The minimum atomic E-state index is -0.200. The van der Waals surface area contributed by atoms with Gasteiger partial charge >= 0.3 is 0 Å². The van der Waals surface area contributed by atoms with E-state index in [1.165, 1.54) is 6.42 Å². The summed E-state index contributed by atoms with van der Waals surface area (Å²) >= 11 is 0. The van der Waals surface area contributed by atoms with Crippen LogP contribution in [0, 0.1) is 0 Å². The lowest BCUT2D eigenvalue weighted by atomic mass is 9.95.